The molecule has 3 aromatic heterocycles. The fraction of sp³-hybridized carbons (Fsp3) is 0. The second-order valence-electron chi connectivity index (χ2n) is 2.78. The maximum Gasteiger partial charge on any atom is 0.290 e. The minimum Gasteiger partial charge on any atom is -0.265 e. The molecule has 0 aliphatic rings. The van der Waals surface area contributed by atoms with Gasteiger partial charge in [0.1, 0.15) is 15.7 Å². The Kier molecular flexibility index (Phi) is 2.15. The van der Waals surface area contributed by atoms with Gasteiger partial charge in [-0.25, -0.2) is 4.98 Å². The van der Waals surface area contributed by atoms with Crippen molar-refractivity contribution >= 4 is 64.4 Å². The summed E-state index contributed by atoms with van der Waals surface area (Å²) in [7, 11) is 0. The molecular weight excluding hydrogens is 284 g/mol. The van der Waals surface area contributed by atoms with Crippen LogP contribution in [-0.4, -0.2) is 4.98 Å². The van der Waals surface area contributed by atoms with Crippen molar-refractivity contribution in [3.8, 4) is 6.07 Å². The maximum absolute atomic E-state index is 11.3. The normalized spacial score (nSPS) is 10.9. The van der Waals surface area contributed by atoms with Gasteiger partial charge in [0.25, 0.3) is 8.11 Å². The van der Waals surface area contributed by atoms with Crippen LogP contribution in [0, 0.1) is 11.3 Å². The van der Waals surface area contributed by atoms with Crippen molar-refractivity contribution in [1.82, 2.24) is 4.98 Å². The number of hydrogen-bond acceptors (Lipinski definition) is 8. The summed E-state index contributed by atoms with van der Waals surface area (Å²) in [5.41, 5.74) is 0.409. The zero-order valence-corrected chi connectivity index (χ0v) is 10.6. The second kappa shape index (κ2) is 3.43. The fourth-order valence-electron chi connectivity index (χ4n) is 1.31. The first-order chi connectivity index (χ1) is 7.69. The SMILES string of the molecule is N#Cc1c2sc(=O)sc2nc2sc(=O)sc12. The summed E-state index contributed by atoms with van der Waals surface area (Å²) in [6, 6.07) is 2.06. The first-order valence-corrected chi connectivity index (χ1v) is 7.23. The molecule has 0 amide bonds. The van der Waals surface area contributed by atoms with Crippen LogP contribution in [0.4, 0.5) is 0 Å². The first-order valence-electron chi connectivity index (χ1n) is 3.96. The summed E-state index contributed by atoms with van der Waals surface area (Å²) in [5, 5.41) is 9.09. The van der Waals surface area contributed by atoms with Crippen molar-refractivity contribution in [3.05, 3.63) is 23.3 Å². The number of nitriles is 1. The van der Waals surface area contributed by atoms with Crippen molar-refractivity contribution < 1.29 is 0 Å². The van der Waals surface area contributed by atoms with Crippen LogP contribution in [0.1, 0.15) is 5.56 Å². The van der Waals surface area contributed by atoms with Gasteiger partial charge in [0.15, 0.2) is 0 Å². The highest BCUT2D eigenvalue weighted by Gasteiger charge is 2.15. The van der Waals surface area contributed by atoms with Crippen LogP contribution in [0.5, 0.6) is 0 Å². The Morgan fingerprint density at radius 2 is 1.44 bits per heavy atom. The minimum absolute atomic E-state index is 0.0796. The monoisotopic (exact) mass is 284 g/mol. The van der Waals surface area contributed by atoms with E-state index in [2.05, 4.69) is 11.1 Å². The quantitative estimate of drug-likeness (QED) is 0.634. The van der Waals surface area contributed by atoms with E-state index in [0.717, 1.165) is 45.3 Å². The van der Waals surface area contributed by atoms with Gasteiger partial charge in [-0.2, -0.15) is 5.26 Å². The predicted molar refractivity (Wildman–Crippen MR) is 68.0 cm³/mol. The first kappa shape index (κ1) is 10.0. The topological polar surface area (TPSA) is 70.8 Å². The zero-order valence-electron chi connectivity index (χ0n) is 7.34. The highest BCUT2D eigenvalue weighted by molar-refractivity contribution is 7.38. The summed E-state index contributed by atoms with van der Waals surface area (Å²) in [6.07, 6.45) is 0. The predicted octanol–water partition coefficient (Wildman–Crippen LogP) is 2.23. The summed E-state index contributed by atoms with van der Waals surface area (Å²) in [5.74, 6) is 0. The maximum atomic E-state index is 11.3. The molecule has 3 heterocycles. The molecule has 0 bridgehead atoms. The van der Waals surface area contributed by atoms with Crippen molar-refractivity contribution in [2.45, 2.75) is 0 Å². The summed E-state index contributed by atoms with van der Waals surface area (Å²) >= 11 is 4.06. The van der Waals surface area contributed by atoms with E-state index < -0.39 is 0 Å². The van der Waals surface area contributed by atoms with E-state index in [1.54, 1.807) is 0 Å². The number of fused-ring (bicyclic) bond motifs is 2. The number of pyridine rings is 1. The Morgan fingerprint density at radius 1 is 0.938 bits per heavy atom. The molecule has 0 N–H and O–H groups in total. The number of aromatic nitrogens is 1. The van der Waals surface area contributed by atoms with Gasteiger partial charge >= 0.3 is 0 Å². The van der Waals surface area contributed by atoms with E-state index in [0.29, 0.717) is 24.6 Å². The molecule has 16 heavy (non-hydrogen) atoms. The minimum atomic E-state index is -0.0796. The third kappa shape index (κ3) is 1.33. The molecule has 0 unspecified atom stereocenters. The lowest BCUT2D eigenvalue weighted by atomic mass is 10.3. The molecule has 0 fully saturated rings. The van der Waals surface area contributed by atoms with Crippen LogP contribution in [-0.2, 0) is 0 Å². The van der Waals surface area contributed by atoms with Crippen LogP contribution >= 0.6 is 45.3 Å². The average molecular weight is 284 g/mol. The zero-order chi connectivity index (χ0) is 11.3. The lowest BCUT2D eigenvalue weighted by Gasteiger charge is -1.92. The van der Waals surface area contributed by atoms with Gasteiger partial charge in [-0.1, -0.05) is 45.3 Å². The number of hydrogen-bond donors (Lipinski definition) is 0. The van der Waals surface area contributed by atoms with Gasteiger partial charge in [0.2, 0.25) is 0 Å². The summed E-state index contributed by atoms with van der Waals surface area (Å²) in [4.78, 5) is 27.8. The molecular formula is C8N2O2S4. The fourth-order valence-corrected chi connectivity index (χ4v) is 5.31. The van der Waals surface area contributed by atoms with Crippen molar-refractivity contribution in [2.24, 2.45) is 0 Å². The molecule has 3 aromatic rings. The third-order valence-corrected chi connectivity index (χ3v) is 5.99. The highest BCUT2D eigenvalue weighted by Crippen LogP contribution is 2.32. The van der Waals surface area contributed by atoms with Crippen molar-refractivity contribution in [3.63, 3.8) is 0 Å². The molecule has 0 aliphatic heterocycles. The highest BCUT2D eigenvalue weighted by atomic mass is 32.2. The summed E-state index contributed by atoms with van der Waals surface area (Å²) < 4.78 is 1.03. The molecule has 0 aromatic carbocycles. The van der Waals surface area contributed by atoms with E-state index in [1.807, 2.05) is 0 Å². The van der Waals surface area contributed by atoms with Gasteiger partial charge in [-0.15, -0.1) is 0 Å². The molecule has 8 heteroatoms. The van der Waals surface area contributed by atoms with E-state index in [-0.39, 0.29) is 8.11 Å². The Balaban J connectivity index is 2.70. The molecule has 0 spiro atoms. The lowest BCUT2D eigenvalue weighted by Crippen LogP contribution is -1.78. The largest absolute Gasteiger partial charge is 0.290 e. The molecule has 4 nitrogen and oxygen atoms in total. The van der Waals surface area contributed by atoms with Gasteiger partial charge in [0, 0.05) is 0 Å². The lowest BCUT2D eigenvalue weighted by molar-refractivity contribution is 1.51. The van der Waals surface area contributed by atoms with Crippen LogP contribution in [0.15, 0.2) is 9.59 Å². The van der Waals surface area contributed by atoms with Crippen molar-refractivity contribution in [2.75, 3.05) is 0 Å². The van der Waals surface area contributed by atoms with Gasteiger partial charge in [-0.3, -0.25) is 9.59 Å². The Hall–Kier alpha value is -1.14. The van der Waals surface area contributed by atoms with Crippen LogP contribution < -0.4 is 8.11 Å². The van der Waals surface area contributed by atoms with Crippen LogP contribution in [0.3, 0.4) is 0 Å². The van der Waals surface area contributed by atoms with E-state index in [4.69, 9.17) is 5.26 Å². The second-order valence-corrected chi connectivity index (χ2v) is 7.18. The van der Waals surface area contributed by atoms with Gasteiger partial charge in [0.05, 0.1) is 15.0 Å². The Bertz CT molecular complexity index is 797. The van der Waals surface area contributed by atoms with Gasteiger partial charge in [-0.05, 0) is 0 Å². The molecule has 0 radical (unpaired) electrons. The summed E-state index contributed by atoms with van der Waals surface area (Å²) in [6.45, 7) is 0. The standard InChI is InChI=1S/C8N2O2S4/c9-1-2-3-5(15-7(11)13-3)10-6-4(2)14-8(12)16-6. The van der Waals surface area contributed by atoms with Crippen molar-refractivity contribution in [1.29, 1.82) is 5.26 Å². The number of nitrogens with zero attached hydrogens (tertiary/aromatic N) is 2. The molecule has 78 valence electrons. The number of rotatable bonds is 0. The van der Waals surface area contributed by atoms with E-state index >= 15 is 0 Å². The molecule has 0 atom stereocenters. The van der Waals surface area contributed by atoms with E-state index in [1.165, 1.54) is 0 Å². The Morgan fingerprint density at radius 3 is 1.88 bits per heavy atom. The van der Waals surface area contributed by atoms with E-state index in [9.17, 15) is 9.59 Å². The smallest absolute Gasteiger partial charge is 0.265 e. The molecule has 0 saturated carbocycles. The molecule has 3 rings (SSSR count). The molecule has 0 saturated heterocycles. The van der Waals surface area contributed by atoms with Crippen LogP contribution in [0.25, 0.3) is 19.1 Å². The Labute approximate surface area is 104 Å². The van der Waals surface area contributed by atoms with Gasteiger partial charge < -0.3 is 0 Å². The third-order valence-electron chi connectivity index (χ3n) is 1.89. The molecule has 0 aliphatic carbocycles. The van der Waals surface area contributed by atoms with Crippen LogP contribution in [0.2, 0.25) is 0 Å². The average Bonchev–Trinajstić information content (AvgIpc) is 2.74.